The van der Waals surface area contributed by atoms with E-state index in [9.17, 15) is 14.7 Å². The smallest absolute Gasteiger partial charge is 0.348 e. The van der Waals surface area contributed by atoms with Gasteiger partial charge in [0, 0.05) is 36.7 Å². The summed E-state index contributed by atoms with van der Waals surface area (Å²) in [6, 6.07) is 3.97. The summed E-state index contributed by atoms with van der Waals surface area (Å²) in [6.45, 7) is 4.79. The molecule has 0 aromatic carbocycles. The molecule has 1 saturated heterocycles. The highest BCUT2D eigenvalue weighted by atomic mass is 32.1. The number of esters is 1. The number of aryl methyl sites for hydroxylation is 1. The van der Waals surface area contributed by atoms with Crippen LogP contribution in [0.5, 0.6) is 0 Å². The van der Waals surface area contributed by atoms with E-state index in [-0.39, 0.29) is 29.9 Å². The lowest BCUT2D eigenvalue weighted by Crippen LogP contribution is -2.35. The average Bonchev–Trinajstić information content (AvgIpc) is 3.33. The molecular weight excluding hydrogens is 386 g/mol. The Hall–Kier alpha value is -1.84. The Morgan fingerprint density at radius 2 is 2.21 bits per heavy atom. The number of aliphatic hydroxyl groups is 1. The molecule has 1 aliphatic rings. The second-order valence-corrected chi connectivity index (χ2v) is 8.84. The highest BCUT2D eigenvalue weighted by molar-refractivity contribution is 7.13. The Bertz CT molecular complexity index is 733. The van der Waals surface area contributed by atoms with E-state index in [2.05, 4.69) is 11.8 Å². The van der Waals surface area contributed by atoms with Crippen LogP contribution in [0.25, 0.3) is 0 Å². The zero-order valence-electron chi connectivity index (χ0n) is 17.8. The first-order valence-corrected chi connectivity index (χ1v) is 11.4. The molecule has 5 nitrogen and oxygen atoms in total. The highest BCUT2D eigenvalue weighted by Gasteiger charge is 2.31. The summed E-state index contributed by atoms with van der Waals surface area (Å²) in [7, 11) is 1.39. The van der Waals surface area contributed by atoms with Gasteiger partial charge in [0.2, 0.25) is 5.91 Å². The van der Waals surface area contributed by atoms with Crippen LogP contribution in [0.3, 0.4) is 0 Å². The molecule has 1 N–H and O–H groups in total. The normalized spacial score (nSPS) is 18.3. The van der Waals surface area contributed by atoms with Crippen molar-refractivity contribution >= 4 is 23.2 Å². The molecule has 1 amide bonds. The minimum absolute atomic E-state index is 0.155. The maximum Gasteiger partial charge on any atom is 0.348 e. The van der Waals surface area contributed by atoms with Gasteiger partial charge < -0.3 is 14.7 Å². The number of amides is 1. The molecule has 160 valence electrons. The summed E-state index contributed by atoms with van der Waals surface area (Å²) in [5.74, 6) is 6.23. The molecule has 3 atom stereocenters. The van der Waals surface area contributed by atoms with E-state index in [1.165, 1.54) is 18.4 Å². The minimum Gasteiger partial charge on any atom is -0.465 e. The van der Waals surface area contributed by atoms with E-state index in [0.29, 0.717) is 17.7 Å². The van der Waals surface area contributed by atoms with Crippen molar-refractivity contribution in [2.75, 3.05) is 13.7 Å². The molecule has 0 bridgehead atoms. The molecular formula is C23H33NO4S. The van der Waals surface area contributed by atoms with E-state index < -0.39 is 0 Å². The van der Waals surface area contributed by atoms with Crippen molar-refractivity contribution in [3.63, 3.8) is 0 Å². The number of carbonyl (C=O) groups is 2. The monoisotopic (exact) mass is 419 g/mol. The van der Waals surface area contributed by atoms with Crippen LogP contribution in [0.4, 0.5) is 0 Å². The maximum atomic E-state index is 12.3. The number of aliphatic hydroxyl groups excluding tert-OH is 1. The van der Waals surface area contributed by atoms with Crippen molar-refractivity contribution in [3.8, 4) is 11.8 Å². The van der Waals surface area contributed by atoms with E-state index in [4.69, 9.17) is 4.74 Å². The van der Waals surface area contributed by atoms with Gasteiger partial charge in [0.1, 0.15) is 4.88 Å². The molecule has 0 radical (unpaired) electrons. The van der Waals surface area contributed by atoms with Crippen molar-refractivity contribution in [3.05, 3.63) is 21.9 Å². The van der Waals surface area contributed by atoms with Gasteiger partial charge >= 0.3 is 5.97 Å². The molecule has 0 aliphatic carbocycles. The summed E-state index contributed by atoms with van der Waals surface area (Å²) in [4.78, 5) is 27.6. The molecule has 2 heterocycles. The maximum absolute atomic E-state index is 12.3. The Morgan fingerprint density at radius 1 is 1.41 bits per heavy atom. The molecule has 1 fully saturated rings. The molecule has 0 saturated carbocycles. The third-order valence-corrected chi connectivity index (χ3v) is 6.63. The Labute approximate surface area is 178 Å². The van der Waals surface area contributed by atoms with Gasteiger partial charge in [-0.25, -0.2) is 4.79 Å². The summed E-state index contributed by atoms with van der Waals surface area (Å²) in [5.41, 5.74) is 0. The van der Waals surface area contributed by atoms with Gasteiger partial charge in [0.05, 0.1) is 13.2 Å². The largest absolute Gasteiger partial charge is 0.465 e. The van der Waals surface area contributed by atoms with Gasteiger partial charge in [0.15, 0.2) is 0 Å². The van der Waals surface area contributed by atoms with Crippen molar-refractivity contribution in [1.29, 1.82) is 0 Å². The fourth-order valence-electron chi connectivity index (χ4n) is 3.69. The summed E-state index contributed by atoms with van der Waals surface area (Å²) >= 11 is 1.45. The fourth-order valence-corrected chi connectivity index (χ4v) is 4.66. The minimum atomic E-state index is -0.374. The Kier molecular flexibility index (Phi) is 9.69. The van der Waals surface area contributed by atoms with E-state index in [1.807, 2.05) is 24.8 Å². The summed E-state index contributed by atoms with van der Waals surface area (Å²) in [6.07, 6.45) is 5.92. The first-order valence-electron chi connectivity index (χ1n) is 10.6. The van der Waals surface area contributed by atoms with Crippen molar-refractivity contribution in [2.45, 2.75) is 77.4 Å². The van der Waals surface area contributed by atoms with E-state index in [0.717, 1.165) is 49.9 Å². The lowest BCUT2D eigenvalue weighted by Gasteiger charge is -2.26. The molecule has 1 aliphatic heterocycles. The molecule has 0 spiro atoms. The number of hydrogen-bond acceptors (Lipinski definition) is 5. The Balaban J connectivity index is 1.78. The summed E-state index contributed by atoms with van der Waals surface area (Å²) < 4.78 is 4.74. The zero-order valence-corrected chi connectivity index (χ0v) is 18.6. The van der Waals surface area contributed by atoms with Gasteiger partial charge in [-0.2, -0.15) is 0 Å². The molecule has 1 aromatic heterocycles. The number of hydrogen-bond donors (Lipinski definition) is 1. The van der Waals surface area contributed by atoms with Crippen LogP contribution in [0.2, 0.25) is 0 Å². The predicted molar refractivity (Wildman–Crippen MR) is 116 cm³/mol. The van der Waals surface area contributed by atoms with Gasteiger partial charge in [-0.05, 0) is 50.2 Å². The van der Waals surface area contributed by atoms with Crippen LogP contribution in [0, 0.1) is 17.8 Å². The molecule has 2 rings (SSSR count). The van der Waals surface area contributed by atoms with Crippen LogP contribution in [0.1, 0.15) is 73.3 Å². The fraction of sp³-hybridized carbons (Fsp3) is 0.652. The number of carbonyl (C=O) groups excluding carboxylic acids is 2. The number of likely N-dealkylation sites (tertiary alicyclic amines) is 1. The molecule has 0 unspecified atom stereocenters. The lowest BCUT2D eigenvalue weighted by atomic mass is 9.95. The van der Waals surface area contributed by atoms with Crippen molar-refractivity contribution in [1.82, 2.24) is 4.90 Å². The van der Waals surface area contributed by atoms with Gasteiger partial charge in [0.25, 0.3) is 0 Å². The van der Waals surface area contributed by atoms with Crippen molar-refractivity contribution < 1.29 is 19.4 Å². The first kappa shape index (κ1) is 23.4. The topological polar surface area (TPSA) is 66.8 Å². The third-order valence-electron chi connectivity index (χ3n) is 5.50. The van der Waals surface area contributed by atoms with Gasteiger partial charge in [-0.15, -0.1) is 23.2 Å². The highest BCUT2D eigenvalue weighted by Crippen LogP contribution is 2.26. The standard InChI is InChI=1S/C23H33NO4S/c1-4-5-6-8-17(2)20(25)13-10-18-11-15-22(26)24(18)16-7-9-19-12-14-21(29-19)23(27)28-3/h12,14,17-18,20,25H,4,7-11,13,15-16H2,1-3H3/t17-,18+,20-/m1/s1. The lowest BCUT2D eigenvalue weighted by molar-refractivity contribution is -0.129. The third kappa shape index (κ3) is 7.17. The molecule has 1 aromatic rings. The van der Waals surface area contributed by atoms with Crippen LogP contribution < -0.4 is 0 Å². The number of ether oxygens (including phenoxy) is 1. The van der Waals surface area contributed by atoms with Gasteiger partial charge in [-0.1, -0.05) is 13.8 Å². The van der Waals surface area contributed by atoms with Crippen molar-refractivity contribution in [2.24, 2.45) is 5.92 Å². The summed E-state index contributed by atoms with van der Waals surface area (Å²) in [5, 5.41) is 10.4. The van der Waals surface area contributed by atoms with Crippen LogP contribution in [-0.4, -0.2) is 47.7 Å². The Morgan fingerprint density at radius 3 is 2.93 bits per heavy atom. The SMILES string of the molecule is CCC#CC[C@@H](C)[C@H](O)CC[C@H]1CCC(=O)N1CCCc1ccc(C(=O)OC)s1. The number of thiophene rings is 1. The quantitative estimate of drug-likeness (QED) is 0.459. The van der Waals surface area contributed by atoms with Crippen LogP contribution >= 0.6 is 11.3 Å². The number of methoxy groups -OCH3 is 1. The average molecular weight is 420 g/mol. The van der Waals surface area contributed by atoms with E-state index in [1.54, 1.807) is 6.07 Å². The number of rotatable bonds is 10. The van der Waals surface area contributed by atoms with E-state index >= 15 is 0 Å². The predicted octanol–water partition coefficient (Wildman–Crippen LogP) is 4.04. The zero-order chi connectivity index (χ0) is 21.2. The second kappa shape index (κ2) is 12.0. The molecule has 6 heteroatoms. The van der Waals surface area contributed by atoms with Crippen LogP contribution in [0.15, 0.2) is 12.1 Å². The van der Waals surface area contributed by atoms with Gasteiger partial charge in [-0.3, -0.25) is 4.79 Å². The molecule has 29 heavy (non-hydrogen) atoms. The first-order chi connectivity index (χ1) is 14.0. The second-order valence-electron chi connectivity index (χ2n) is 7.67. The van der Waals surface area contributed by atoms with Crippen LogP contribution in [-0.2, 0) is 16.0 Å². The number of nitrogens with zero attached hydrogens (tertiary/aromatic N) is 1.